The van der Waals surface area contributed by atoms with Gasteiger partial charge in [-0.2, -0.15) is 0 Å². The van der Waals surface area contributed by atoms with Crippen molar-refractivity contribution in [2.45, 2.75) is 51.7 Å². The largest absolute Gasteiger partial charge is 0.508 e. The quantitative estimate of drug-likeness (QED) is 0.906. The van der Waals surface area contributed by atoms with E-state index in [2.05, 4.69) is 27.0 Å². The zero-order chi connectivity index (χ0) is 14.7. The average molecular weight is 286 g/mol. The van der Waals surface area contributed by atoms with Gasteiger partial charge in [0.25, 0.3) is 0 Å². The van der Waals surface area contributed by atoms with Gasteiger partial charge in [-0.1, -0.05) is 24.6 Å². The van der Waals surface area contributed by atoms with Crippen LogP contribution in [-0.2, 0) is 19.5 Å². The van der Waals surface area contributed by atoms with Gasteiger partial charge in [-0.05, 0) is 25.8 Å². The Morgan fingerprint density at radius 3 is 2.95 bits per heavy atom. The van der Waals surface area contributed by atoms with Gasteiger partial charge in [0.15, 0.2) is 0 Å². The molecule has 2 heterocycles. The molecule has 0 aliphatic carbocycles. The first-order valence-electron chi connectivity index (χ1n) is 7.68. The van der Waals surface area contributed by atoms with E-state index in [9.17, 15) is 5.11 Å². The van der Waals surface area contributed by atoms with Crippen molar-refractivity contribution in [1.29, 1.82) is 0 Å². The summed E-state index contributed by atoms with van der Waals surface area (Å²) >= 11 is 0. The van der Waals surface area contributed by atoms with E-state index in [1.54, 1.807) is 6.07 Å². The SMILES string of the molecule is CC(NCc1ccccc1O)c1nnc2n1CCCCC2. The second-order valence-electron chi connectivity index (χ2n) is 5.67. The number of nitrogens with zero attached hydrogens (tertiary/aromatic N) is 3. The number of hydrogen-bond donors (Lipinski definition) is 2. The van der Waals surface area contributed by atoms with E-state index in [1.807, 2.05) is 18.2 Å². The molecule has 1 aromatic carbocycles. The summed E-state index contributed by atoms with van der Waals surface area (Å²) in [4.78, 5) is 0. The van der Waals surface area contributed by atoms with Gasteiger partial charge in [0.1, 0.15) is 17.4 Å². The lowest BCUT2D eigenvalue weighted by atomic mass is 10.2. The highest BCUT2D eigenvalue weighted by Gasteiger charge is 2.19. The van der Waals surface area contributed by atoms with E-state index < -0.39 is 0 Å². The Labute approximate surface area is 125 Å². The van der Waals surface area contributed by atoms with Crippen LogP contribution in [0.4, 0.5) is 0 Å². The van der Waals surface area contributed by atoms with Gasteiger partial charge < -0.3 is 15.0 Å². The molecule has 2 aromatic rings. The minimum Gasteiger partial charge on any atom is -0.508 e. The molecule has 3 rings (SSSR count). The Balaban J connectivity index is 1.70. The Bertz CT molecular complexity index is 608. The zero-order valence-corrected chi connectivity index (χ0v) is 12.4. The van der Waals surface area contributed by atoms with Crippen LogP contribution in [-0.4, -0.2) is 19.9 Å². The zero-order valence-electron chi connectivity index (χ0n) is 12.4. The van der Waals surface area contributed by atoms with E-state index in [0.717, 1.165) is 30.2 Å². The topological polar surface area (TPSA) is 63.0 Å². The lowest BCUT2D eigenvalue weighted by Crippen LogP contribution is -2.22. The lowest BCUT2D eigenvalue weighted by Gasteiger charge is -2.15. The molecular formula is C16H22N4O. The fourth-order valence-electron chi connectivity index (χ4n) is 2.84. The summed E-state index contributed by atoms with van der Waals surface area (Å²) in [5.74, 6) is 2.44. The number of rotatable bonds is 4. The van der Waals surface area contributed by atoms with Crippen molar-refractivity contribution in [3.05, 3.63) is 41.5 Å². The van der Waals surface area contributed by atoms with Crippen LogP contribution in [0.5, 0.6) is 5.75 Å². The first-order chi connectivity index (χ1) is 10.3. The van der Waals surface area contributed by atoms with Crippen molar-refractivity contribution in [3.63, 3.8) is 0 Å². The predicted octanol–water partition coefficient (Wildman–Crippen LogP) is 2.56. The molecular weight excluding hydrogens is 264 g/mol. The average Bonchev–Trinajstić information content (AvgIpc) is 2.75. The number of nitrogens with one attached hydrogen (secondary N) is 1. The van der Waals surface area contributed by atoms with Crippen LogP contribution in [0.2, 0.25) is 0 Å². The number of fused-ring (bicyclic) bond motifs is 1. The van der Waals surface area contributed by atoms with Gasteiger partial charge in [0, 0.05) is 25.1 Å². The summed E-state index contributed by atoms with van der Waals surface area (Å²) in [6, 6.07) is 7.53. The monoisotopic (exact) mass is 286 g/mol. The lowest BCUT2D eigenvalue weighted by molar-refractivity contribution is 0.454. The molecule has 1 aliphatic heterocycles. The van der Waals surface area contributed by atoms with Crippen LogP contribution in [0.15, 0.2) is 24.3 Å². The molecule has 0 amide bonds. The van der Waals surface area contributed by atoms with Gasteiger partial charge >= 0.3 is 0 Å². The normalized spacial score (nSPS) is 16.2. The Kier molecular flexibility index (Phi) is 4.20. The van der Waals surface area contributed by atoms with E-state index in [1.165, 1.54) is 19.3 Å². The fourth-order valence-corrected chi connectivity index (χ4v) is 2.84. The molecule has 1 atom stereocenters. The highest BCUT2D eigenvalue weighted by Crippen LogP contribution is 2.20. The Morgan fingerprint density at radius 1 is 1.24 bits per heavy atom. The molecule has 1 unspecified atom stereocenters. The van der Waals surface area contributed by atoms with Crippen molar-refractivity contribution in [1.82, 2.24) is 20.1 Å². The van der Waals surface area contributed by atoms with Crippen LogP contribution < -0.4 is 5.32 Å². The number of hydrogen-bond acceptors (Lipinski definition) is 4. The van der Waals surface area contributed by atoms with Crippen molar-refractivity contribution in [2.75, 3.05) is 0 Å². The number of aromatic hydroxyl groups is 1. The van der Waals surface area contributed by atoms with Crippen LogP contribution >= 0.6 is 0 Å². The van der Waals surface area contributed by atoms with Crippen LogP contribution in [0.3, 0.4) is 0 Å². The van der Waals surface area contributed by atoms with Crippen molar-refractivity contribution < 1.29 is 5.11 Å². The van der Waals surface area contributed by atoms with Crippen LogP contribution in [0.25, 0.3) is 0 Å². The molecule has 1 aromatic heterocycles. The number of para-hydroxylation sites is 1. The van der Waals surface area contributed by atoms with Gasteiger partial charge in [0.2, 0.25) is 0 Å². The second kappa shape index (κ2) is 6.26. The van der Waals surface area contributed by atoms with E-state index >= 15 is 0 Å². The highest BCUT2D eigenvalue weighted by molar-refractivity contribution is 5.31. The predicted molar refractivity (Wildman–Crippen MR) is 80.9 cm³/mol. The molecule has 0 bridgehead atoms. The third-order valence-corrected chi connectivity index (χ3v) is 4.12. The minimum atomic E-state index is 0.115. The molecule has 1 aliphatic rings. The summed E-state index contributed by atoms with van der Waals surface area (Å²) in [5, 5.41) is 21.9. The van der Waals surface area contributed by atoms with Crippen molar-refractivity contribution in [2.24, 2.45) is 0 Å². The maximum absolute atomic E-state index is 9.81. The van der Waals surface area contributed by atoms with E-state index in [4.69, 9.17) is 0 Å². The Morgan fingerprint density at radius 2 is 2.10 bits per heavy atom. The maximum atomic E-state index is 9.81. The van der Waals surface area contributed by atoms with E-state index in [-0.39, 0.29) is 6.04 Å². The second-order valence-corrected chi connectivity index (χ2v) is 5.67. The molecule has 5 heteroatoms. The molecule has 0 fully saturated rings. The molecule has 0 saturated heterocycles. The fraction of sp³-hybridized carbons (Fsp3) is 0.500. The molecule has 112 valence electrons. The van der Waals surface area contributed by atoms with Crippen molar-refractivity contribution in [3.8, 4) is 5.75 Å². The van der Waals surface area contributed by atoms with Crippen molar-refractivity contribution >= 4 is 0 Å². The number of aryl methyl sites for hydroxylation is 1. The molecule has 5 nitrogen and oxygen atoms in total. The smallest absolute Gasteiger partial charge is 0.149 e. The highest BCUT2D eigenvalue weighted by atomic mass is 16.3. The summed E-state index contributed by atoms with van der Waals surface area (Å²) in [6.45, 7) is 3.73. The Hall–Kier alpha value is -1.88. The summed E-state index contributed by atoms with van der Waals surface area (Å²) in [7, 11) is 0. The van der Waals surface area contributed by atoms with Gasteiger partial charge in [-0.15, -0.1) is 10.2 Å². The van der Waals surface area contributed by atoms with Crippen LogP contribution in [0.1, 0.15) is 49.4 Å². The number of phenolic OH excluding ortho intramolecular Hbond substituents is 1. The third-order valence-electron chi connectivity index (χ3n) is 4.12. The van der Waals surface area contributed by atoms with Crippen LogP contribution in [0, 0.1) is 0 Å². The summed E-state index contributed by atoms with van der Waals surface area (Å²) in [6.07, 6.45) is 4.70. The first kappa shape index (κ1) is 14.1. The number of aromatic nitrogens is 3. The summed E-state index contributed by atoms with van der Waals surface area (Å²) in [5.41, 5.74) is 0.903. The maximum Gasteiger partial charge on any atom is 0.149 e. The molecule has 0 spiro atoms. The number of phenols is 1. The molecule has 2 N–H and O–H groups in total. The van der Waals surface area contributed by atoms with Gasteiger partial charge in [0.05, 0.1) is 6.04 Å². The minimum absolute atomic E-state index is 0.115. The number of benzene rings is 1. The summed E-state index contributed by atoms with van der Waals surface area (Å²) < 4.78 is 2.26. The molecule has 21 heavy (non-hydrogen) atoms. The van der Waals surface area contributed by atoms with E-state index in [0.29, 0.717) is 12.3 Å². The van der Waals surface area contributed by atoms with Gasteiger partial charge in [-0.3, -0.25) is 0 Å². The third kappa shape index (κ3) is 3.08. The molecule has 0 saturated carbocycles. The van der Waals surface area contributed by atoms with Gasteiger partial charge in [-0.25, -0.2) is 0 Å². The molecule has 0 radical (unpaired) electrons. The first-order valence-corrected chi connectivity index (χ1v) is 7.68. The standard InChI is InChI=1S/C16H22N4O/c1-12(17-11-13-7-4-5-8-14(13)21)16-19-18-15-9-3-2-6-10-20(15)16/h4-5,7-8,12,17,21H,2-3,6,9-11H2,1H3.